The van der Waals surface area contributed by atoms with Crippen LogP contribution in [0.5, 0.6) is 0 Å². The molecular formula is C12H12FNO2. The second-order valence-electron chi connectivity index (χ2n) is 3.39. The zero-order valence-corrected chi connectivity index (χ0v) is 8.83. The number of halogens is 1. The summed E-state index contributed by atoms with van der Waals surface area (Å²) in [5.41, 5.74) is 0.332. The van der Waals surface area contributed by atoms with Crippen LogP contribution in [-0.4, -0.2) is 17.1 Å². The van der Waals surface area contributed by atoms with Crippen molar-refractivity contribution in [1.82, 2.24) is 5.32 Å². The molecule has 1 aromatic carbocycles. The second kappa shape index (κ2) is 5.29. The maximum absolute atomic E-state index is 13.3. The molecule has 0 amide bonds. The predicted molar refractivity (Wildman–Crippen MR) is 58.5 cm³/mol. The molecule has 1 rings (SSSR count). The van der Waals surface area contributed by atoms with E-state index in [-0.39, 0.29) is 11.6 Å². The van der Waals surface area contributed by atoms with Crippen LogP contribution >= 0.6 is 0 Å². The first-order valence-electron chi connectivity index (χ1n) is 4.76. The molecule has 2 N–H and O–H groups in total. The molecule has 1 aromatic rings. The van der Waals surface area contributed by atoms with Crippen LogP contribution in [0.2, 0.25) is 0 Å². The van der Waals surface area contributed by atoms with E-state index in [1.165, 1.54) is 12.1 Å². The molecule has 0 spiro atoms. The highest BCUT2D eigenvalue weighted by molar-refractivity contribution is 5.87. The Kier molecular flexibility index (Phi) is 4.03. The smallest absolute Gasteiger partial charge is 0.338 e. The molecule has 0 aromatic heterocycles. The minimum Gasteiger partial charge on any atom is -0.478 e. The molecule has 3 nitrogen and oxygen atoms in total. The van der Waals surface area contributed by atoms with Gasteiger partial charge in [0.25, 0.3) is 0 Å². The minimum atomic E-state index is -1.27. The fourth-order valence-electron chi connectivity index (χ4n) is 1.17. The van der Waals surface area contributed by atoms with Gasteiger partial charge in [0.1, 0.15) is 5.82 Å². The Hall–Kier alpha value is -1.86. The van der Waals surface area contributed by atoms with Crippen LogP contribution < -0.4 is 5.32 Å². The van der Waals surface area contributed by atoms with E-state index >= 15 is 0 Å². The maximum Gasteiger partial charge on any atom is 0.338 e. The van der Waals surface area contributed by atoms with Crippen LogP contribution in [0.3, 0.4) is 0 Å². The molecule has 0 saturated carbocycles. The van der Waals surface area contributed by atoms with Crippen molar-refractivity contribution in [3.8, 4) is 12.3 Å². The summed E-state index contributed by atoms with van der Waals surface area (Å²) in [6.07, 6.45) is 5.17. The van der Waals surface area contributed by atoms with Gasteiger partial charge in [0.2, 0.25) is 0 Å². The van der Waals surface area contributed by atoms with E-state index in [1.54, 1.807) is 6.07 Å². The van der Waals surface area contributed by atoms with Gasteiger partial charge in [0.15, 0.2) is 0 Å². The molecule has 0 heterocycles. The zero-order chi connectivity index (χ0) is 12.1. The predicted octanol–water partition coefficient (Wildman–Crippen LogP) is 1.64. The molecule has 0 aliphatic heterocycles. The molecule has 0 aliphatic carbocycles. The Morgan fingerprint density at radius 1 is 1.69 bits per heavy atom. The first-order chi connectivity index (χ1) is 7.54. The topological polar surface area (TPSA) is 49.3 Å². The van der Waals surface area contributed by atoms with Gasteiger partial charge in [-0.1, -0.05) is 12.0 Å². The van der Waals surface area contributed by atoms with Crippen molar-refractivity contribution in [3.63, 3.8) is 0 Å². The Bertz CT molecular complexity index is 437. The average Bonchev–Trinajstić information content (AvgIpc) is 2.25. The lowest BCUT2D eigenvalue weighted by Crippen LogP contribution is -2.23. The van der Waals surface area contributed by atoms with E-state index in [0.717, 1.165) is 0 Å². The van der Waals surface area contributed by atoms with Crippen molar-refractivity contribution in [1.29, 1.82) is 0 Å². The van der Waals surface area contributed by atoms with E-state index in [0.29, 0.717) is 12.1 Å². The van der Waals surface area contributed by atoms with Gasteiger partial charge >= 0.3 is 5.97 Å². The molecule has 0 aliphatic rings. The number of benzene rings is 1. The third-order valence-corrected chi connectivity index (χ3v) is 2.13. The van der Waals surface area contributed by atoms with Crippen molar-refractivity contribution in [2.75, 3.05) is 0 Å². The summed E-state index contributed by atoms with van der Waals surface area (Å²) < 4.78 is 13.3. The van der Waals surface area contributed by atoms with Crippen LogP contribution in [0.15, 0.2) is 18.2 Å². The van der Waals surface area contributed by atoms with Gasteiger partial charge in [-0.05, 0) is 24.6 Å². The van der Waals surface area contributed by atoms with Gasteiger partial charge < -0.3 is 5.11 Å². The molecule has 84 valence electrons. The lowest BCUT2D eigenvalue weighted by Gasteiger charge is -2.08. The summed E-state index contributed by atoms with van der Waals surface area (Å²) in [5.74, 6) is 0.475. The number of nitrogens with one attached hydrogen (secondary N) is 1. The number of carboxylic acid groups (broad SMARTS) is 1. The van der Waals surface area contributed by atoms with Gasteiger partial charge in [-0.2, -0.15) is 0 Å². The van der Waals surface area contributed by atoms with E-state index in [4.69, 9.17) is 11.5 Å². The van der Waals surface area contributed by atoms with Gasteiger partial charge in [0.05, 0.1) is 11.6 Å². The first kappa shape index (κ1) is 12.2. The second-order valence-corrected chi connectivity index (χ2v) is 3.39. The Morgan fingerprint density at radius 3 is 2.88 bits per heavy atom. The highest BCUT2D eigenvalue weighted by Crippen LogP contribution is 2.10. The van der Waals surface area contributed by atoms with Crippen molar-refractivity contribution in [2.24, 2.45) is 0 Å². The number of hydrogen-bond donors (Lipinski definition) is 2. The number of aromatic carboxylic acids is 1. The highest BCUT2D eigenvalue weighted by Gasteiger charge is 2.10. The molecule has 0 fully saturated rings. The first-order valence-corrected chi connectivity index (χ1v) is 4.76. The molecule has 16 heavy (non-hydrogen) atoms. The normalized spacial score (nSPS) is 11.8. The number of rotatable bonds is 4. The van der Waals surface area contributed by atoms with Crippen LogP contribution in [0.1, 0.15) is 22.8 Å². The fraction of sp³-hybridized carbons (Fsp3) is 0.250. The summed E-state index contributed by atoms with van der Waals surface area (Å²) in [5, 5.41) is 11.6. The summed E-state index contributed by atoms with van der Waals surface area (Å²) in [7, 11) is 0. The molecule has 4 heteroatoms. The molecular weight excluding hydrogens is 209 g/mol. The standard InChI is InChI=1S/C12H12FNO2/c1-3-8(2)14-7-9-4-5-10(12(15)16)11(13)6-9/h1,4-6,8,14H,7H2,2H3,(H,15,16). The van der Waals surface area contributed by atoms with Crippen LogP contribution in [-0.2, 0) is 6.54 Å². The van der Waals surface area contributed by atoms with Crippen molar-refractivity contribution in [2.45, 2.75) is 19.5 Å². The van der Waals surface area contributed by atoms with Gasteiger partial charge in [-0.25, -0.2) is 9.18 Å². The quantitative estimate of drug-likeness (QED) is 0.760. The van der Waals surface area contributed by atoms with E-state index in [2.05, 4.69) is 11.2 Å². The Morgan fingerprint density at radius 2 is 2.38 bits per heavy atom. The van der Waals surface area contributed by atoms with Crippen molar-refractivity contribution < 1.29 is 14.3 Å². The molecule has 0 radical (unpaired) electrons. The zero-order valence-electron chi connectivity index (χ0n) is 8.83. The summed E-state index contributed by atoms with van der Waals surface area (Å²) in [4.78, 5) is 10.6. The molecule has 0 bridgehead atoms. The number of carboxylic acids is 1. The van der Waals surface area contributed by atoms with Gasteiger partial charge in [-0.3, -0.25) is 5.32 Å². The van der Waals surface area contributed by atoms with Crippen LogP contribution in [0.25, 0.3) is 0 Å². The number of terminal acetylenes is 1. The lowest BCUT2D eigenvalue weighted by atomic mass is 10.1. The fourth-order valence-corrected chi connectivity index (χ4v) is 1.17. The third-order valence-electron chi connectivity index (χ3n) is 2.13. The van der Waals surface area contributed by atoms with Crippen molar-refractivity contribution in [3.05, 3.63) is 35.1 Å². The Labute approximate surface area is 93.3 Å². The summed E-state index contributed by atoms with van der Waals surface area (Å²) in [6.45, 7) is 2.21. The summed E-state index contributed by atoms with van der Waals surface area (Å²) >= 11 is 0. The monoisotopic (exact) mass is 221 g/mol. The van der Waals surface area contributed by atoms with Crippen LogP contribution in [0, 0.1) is 18.2 Å². The maximum atomic E-state index is 13.3. The van der Waals surface area contributed by atoms with Gasteiger partial charge in [0, 0.05) is 6.54 Å². The number of hydrogen-bond acceptors (Lipinski definition) is 2. The van der Waals surface area contributed by atoms with E-state index < -0.39 is 11.8 Å². The van der Waals surface area contributed by atoms with Crippen molar-refractivity contribution >= 4 is 5.97 Å². The molecule has 1 atom stereocenters. The Balaban J connectivity index is 2.75. The number of carbonyl (C=O) groups is 1. The largest absolute Gasteiger partial charge is 0.478 e. The minimum absolute atomic E-state index is 0.109. The molecule has 1 unspecified atom stereocenters. The van der Waals surface area contributed by atoms with Crippen LogP contribution in [0.4, 0.5) is 4.39 Å². The van der Waals surface area contributed by atoms with E-state index in [1.807, 2.05) is 6.92 Å². The highest BCUT2D eigenvalue weighted by atomic mass is 19.1. The van der Waals surface area contributed by atoms with E-state index in [9.17, 15) is 9.18 Å². The average molecular weight is 221 g/mol. The third kappa shape index (κ3) is 3.07. The summed E-state index contributed by atoms with van der Waals surface area (Å²) in [6, 6.07) is 3.89. The SMILES string of the molecule is C#CC(C)NCc1ccc(C(=O)O)c(F)c1. The van der Waals surface area contributed by atoms with Gasteiger partial charge in [-0.15, -0.1) is 6.42 Å². The lowest BCUT2D eigenvalue weighted by molar-refractivity contribution is 0.0692. The molecule has 0 saturated heterocycles.